The molecule has 2 atom stereocenters. The van der Waals surface area contributed by atoms with Crippen molar-refractivity contribution in [2.45, 2.75) is 71.9 Å². The van der Waals surface area contributed by atoms with Crippen molar-refractivity contribution in [3.8, 4) is 0 Å². The maximum Gasteiger partial charge on any atom is 0.256 e. The quantitative estimate of drug-likeness (QED) is 0.498. The highest BCUT2D eigenvalue weighted by atomic mass is 32.1. The molecule has 6 nitrogen and oxygen atoms in total. The number of benzene rings is 1. The highest BCUT2D eigenvalue weighted by Crippen LogP contribution is 2.29. The molecule has 0 bridgehead atoms. The molecule has 2 aromatic heterocycles. The van der Waals surface area contributed by atoms with Crippen LogP contribution in [0.3, 0.4) is 0 Å². The van der Waals surface area contributed by atoms with E-state index in [1.54, 1.807) is 11.3 Å². The summed E-state index contributed by atoms with van der Waals surface area (Å²) in [6, 6.07) is 8.95. The molecule has 0 spiro atoms. The summed E-state index contributed by atoms with van der Waals surface area (Å²) in [5.41, 5.74) is 3.37. The van der Waals surface area contributed by atoms with Gasteiger partial charge in [0.1, 0.15) is 5.82 Å². The van der Waals surface area contributed by atoms with Crippen LogP contribution in [0.2, 0.25) is 0 Å². The third kappa shape index (κ3) is 4.78. The monoisotopic (exact) mass is 479 g/mol. The second kappa shape index (κ2) is 10.2. The van der Waals surface area contributed by atoms with Crippen molar-refractivity contribution in [1.29, 1.82) is 0 Å². The van der Waals surface area contributed by atoms with Crippen LogP contribution in [0.15, 0.2) is 29.1 Å². The van der Waals surface area contributed by atoms with E-state index in [-0.39, 0.29) is 5.56 Å². The van der Waals surface area contributed by atoms with Gasteiger partial charge in [-0.25, -0.2) is 9.97 Å². The molecule has 2 aliphatic rings. The Bertz CT molecular complexity index is 1160. The van der Waals surface area contributed by atoms with Crippen LogP contribution in [0.25, 0.3) is 10.2 Å². The standard InChI is InChI=1S/C27H37N5OS/c1-4-32-25(28-22-13-12-19(2)18-21(22)26(32)33)11-7-8-20(3)30-14-16-31(17-15-30)27-29-23-9-5-6-10-24(23)34-27/h5-6,9-10,19-20H,4,7-8,11-18H2,1-3H3. The zero-order chi connectivity index (χ0) is 23.7. The molecule has 3 heterocycles. The average Bonchev–Trinajstić information content (AvgIpc) is 3.29. The van der Waals surface area contributed by atoms with Crippen molar-refractivity contribution < 1.29 is 0 Å². The lowest BCUT2D eigenvalue weighted by atomic mass is 9.88. The second-order valence-electron chi connectivity index (χ2n) is 10.1. The van der Waals surface area contributed by atoms with Gasteiger partial charge in [0.2, 0.25) is 0 Å². The van der Waals surface area contributed by atoms with Crippen molar-refractivity contribution in [3.63, 3.8) is 0 Å². The lowest BCUT2D eigenvalue weighted by Crippen LogP contribution is -2.49. The number of piperazine rings is 1. The van der Waals surface area contributed by atoms with E-state index in [2.05, 4.69) is 54.8 Å². The van der Waals surface area contributed by atoms with Crippen molar-refractivity contribution in [2.24, 2.45) is 5.92 Å². The van der Waals surface area contributed by atoms with Gasteiger partial charge in [-0.3, -0.25) is 14.3 Å². The van der Waals surface area contributed by atoms with Crippen molar-refractivity contribution >= 4 is 26.7 Å². The van der Waals surface area contributed by atoms with Crippen LogP contribution in [0.4, 0.5) is 5.13 Å². The van der Waals surface area contributed by atoms with Gasteiger partial charge in [0.15, 0.2) is 5.13 Å². The summed E-state index contributed by atoms with van der Waals surface area (Å²) >= 11 is 1.80. The molecule has 1 aliphatic heterocycles. The topological polar surface area (TPSA) is 54.3 Å². The summed E-state index contributed by atoms with van der Waals surface area (Å²) in [4.78, 5) is 27.9. The largest absolute Gasteiger partial charge is 0.345 e. The zero-order valence-electron chi connectivity index (χ0n) is 20.8. The molecule has 1 fully saturated rings. The molecule has 1 aliphatic carbocycles. The van der Waals surface area contributed by atoms with Gasteiger partial charge in [-0.2, -0.15) is 0 Å². The van der Waals surface area contributed by atoms with E-state index in [9.17, 15) is 4.79 Å². The molecule has 1 saturated heterocycles. The highest BCUT2D eigenvalue weighted by molar-refractivity contribution is 7.22. The molecule has 7 heteroatoms. The van der Waals surface area contributed by atoms with Gasteiger partial charge in [0.25, 0.3) is 5.56 Å². The highest BCUT2D eigenvalue weighted by Gasteiger charge is 2.24. The van der Waals surface area contributed by atoms with E-state index in [0.717, 1.165) is 92.4 Å². The van der Waals surface area contributed by atoms with E-state index in [4.69, 9.17) is 9.97 Å². The second-order valence-corrected chi connectivity index (χ2v) is 11.1. The Balaban J connectivity index is 1.15. The Kier molecular flexibility index (Phi) is 7.02. The number of anilines is 1. The predicted molar refractivity (Wildman–Crippen MR) is 141 cm³/mol. The normalized spacial score (nSPS) is 20.0. The molecular weight excluding hydrogens is 442 g/mol. The third-order valence-corrected chi connectivity index (χ3v) is 8.78. The van der Waals surface area contributed by atoms with Gasteiger partial charge in [0.05, 0.1) is 15.9 Å². The first kappa shape index (κ1) is 23.5. The first-order chi connectivity index (χ1) is 16.5. The molecule has 0 saturated carbocycles. The van der Waals surface area contributed by atoms with Crippen molar-refractivity contribution in [2.75, 3.05) is 31.1 Å². The van der Waals surface area contributed by atoms with Gasteiger partial charge in [-0.05, 0) is 64.0 Å². The van der Waals surface area contributed by atoms with Crippen molar-refractivity contribution in [1.82, 2.24) is 19.4 Å². The van der Waals surface area contributed by atoms with Gasteiger partial charge in [-0.15, -0.1) is 0 Å². The SMILES string of the molecule is CCn1c(CCCC(C)N2CCN(c3nc4ccccc4s3)CC2)nc2c(c1=O)CC(C)CC2. The van der Waals surface area contributed by atoms with Crippen LogP contribution in [0.5, 0.6) is 0 Å². The number of fused-ring (bicyclic) bond motifs is 2. The fourth-order valence-corrected chi connectivity index (χ4v) is 6.55. The van der Waals surface area contributed by atoms with Gasteiger partial charge in [-0.1, -0.05) is 30.4 Å². The first-order valence-corrected chi connectivity index (χ1v) is 13.8. The Morgan fingerprint density at radius 2 is 1.94 bits per heavy atom. The summed E-state index contributed by atoms with van der Waals surface area (Å²) in [6.07, 6.45) is 6.09. The average molecular weight is 480 g/mol. The Hall–Kier alpha value is -2.25. The number of hydrogen-bond acceptors (Lipinski definition) is 6. The van der Waals surface area contributed by atoms with E-state index in [1.807, 2.05) is 4.57 Å². The Morgan fingerprint density at radius 3 is 2.71 bits per heavy atom. The van der Waals surface area contributed by atoms with Crippen LogP contribution >= 0.6 is 11.3 Å². The van der Waals surface area contributed by atoms with Crippen LogP contribution in [-0.4, -0.2) is 51.7 Å². The minimum Gasteiger partial charge on any atom is -0.345 e. The van der Waals surface area contributed by atoms with Crippen LogP contribution in [0, 0.1) is 5.92 Å². The van der Waals surface area contributed by atoms with Gasteiger partial charge in [0, 0.05) is 50.7 Å². The molecule has 2 unspecified atom stereocenters. The van der Waals surface area contributed by atoms with E-state index in [0.29, 0.717) is 18.5 Å². The van der Waals surface area contributed by atoms with E-state index < -0.39 is 0 Å². The summed E-state index contributed by atoms with van der Waals surface area (Å²) in [6.45, 7) is 11.6. The molecule has 34 heavy (non-hydrogen) atoms. The molecular formula is C27H37N5OS. The number of nitrogens with zero attached hydrogens (tertiary/aromatic N) is 5. The Labute approximate surface area is 206 Å². The van der Waals surface area contributed by atoms with E-state index >= 15 is 0 Å². The maximum atomic E-state index is 13.1. The molecule has 0 N–H and O–H groups in total. The molecule has 182 valence electrons. The minimum atomic E-state index is 0.216. The molecule has 1 aromatic carbocycles. The Morgan fingerprint density at radius 1 is 1.15 bits per heavy atom. The number of rotatable bonds is 7. The van der Waals surface area contributed by atoms with Crippen molar-refractivity contribution in [3.05, 3.63) is 51.7 Å². The number of thiazole rings is 1. The number of para-hydroxylation sites is 1. The summed E-state index contributed by atoms with van der Waals surface area (Å²) in [7, 11) is 0. The smallest absolute Gasteiger partial charge is 0.256 e. The lowest BCUT2D eigenvalue weighted by Gasteiger charge is -2.38. The van der Waals surface area contributed by atoms with Gasteiger partial charge < -0.3 is 4.90 Å². The number of aromatic nitrogens is 3. The summed E-state index contributed by atoms with van der Waals surface area (Å²) in [5.74, 6) is 1.59. The zero-order valence-corrected chi connectivity index (χ0v) is 21.6. The molecule has 0 radical (unpaired) electrons. The van der Waals surface area contributed by atoms with Crippen LogP contribution in [-0.2, 0) is 25.8 Å². The fraction of sp³-hybridized carbons (Fsp3) is 0.593. The van der Waals surface area contributed by atoms with E-state index in [1.165, 1.54) is 4.70 Å². The molecule has 5 rings (SSSR count). The third-order valence-electron chi connectivity index (χ3n) is 7.68. The molecule has 3 aromatic rings. The summed E-state index contributed by atoms with van der Waals surface area (Å²) in [5, 5.41) is 1.15. The summed E-state index contributed by atoms with van der Waals surface area (Å²) < 4.78 is 3.20. The maximum absolute atomic E-state index is 13.1. The lowest BCUT2D eigenvalue weighted by molar-refractivity contribution is 0.186. The number of hydrogen-bond donors (Lipinski definition) is 0. The van der Waals surface area contributed by atoms with Gasteiger partial charge >= 0.3 is 0 Å². The fourth-order valence-electron chi connectivity index (χ4n) is 5.54. The van der Waals surface area contributed by atoms with Crippen LogP contribution in [0.1, 0.15) is 57.1 Å². The number of aryl methyl sites for hydroxylation is 2. The predicted octanol–water partition coefficient (Wildman–Crippen LogP) is 4.53. The first-order valence-electron chi connectivity index (χ1n) is 13.0. The molecule has 0 amide bonds. The van der Waals surface area contributed by atoms with Crippen LogP contribution < -0.4 is 10.5 Å². The minimum absolute atomic E-state index is 0.216.